The smallest absolute Gasteiger partial charge is 0.174 e. The number of rotatable bonds is 5. The SMILES string of the molecule is O=S(=S)(CCS(=O)(=S)OO)OO. The average molecular weight is 254 g/mol. The molecule has 10 heteroatoms. The second-order valence-electron chi connectivity index (χ2n) is 1.67. The Morgan fingerprint density at radius 1 is 1.00 bits per heavy atom. The minimum Gasteiger partial charge on any atom is -0.237 e. The summed E-state index contributed by atoms with van der Waals surface area (Å²) in [4.78, 5) is 0. The van der Waals surface area contributed by atoms with Crippen LogP contribution in [-0.2, 0) is 48.6 Å². The minimum atomic E-state index is -3.31. The van der Waals surface area contributed by atoms with Gasteiger partial charge < -0.3 is 0 Å². The lowest BCUT2D eigenvalue weighted by Gasteiger charge is -2.02. The maximum absolute atomic E-state index is 10.8. The van der Waals surface area contributed by atoms with E-state index >= 15 is 0 Å². The van der Waals surface area contributed by atoms with Crippen molar-refractivity contribution in [2.45, 2.75) is 0 Å². The van der Waals surface area contributed by atoms with Crippen LogP contribution in [0.4, 0.5) is 0 Å². The zero-order valence-electron chi connectivity index (χ0n) is 5.57. The summed E-state index contributed by atoms with van der Waals surface area (Å²) in [5.41, 5.74) is 0. The monoisotopic (exact) mass is 254 g/mol. The third kappa shape index (κ3) is 5.27. The molecule has 0 aliphatic rings. The largest absolute Gasteiger partial charge is 0.237 e. The van der Waals surface area contributed by atoms with E-state index in [1.165, 1.54) is 0 Å². The molecule has 2 unspecified atom stereocenters. The molecular weight excluding hydrogens is 248 g/mol. The molecule has 0 radical (unpaired) electrons. The average Bonchev–Trinajstić information content (AvgIpc) is 2.02. The highest BCUT2D eigenvalue weighted by molar-refractivity contribution is 8.32. The molecule has 12 heavy (non-hydrogen) atoms. The number of hydrogen-bond donors (Lipinski definition) is 2. The molecule has 0 heterocycles. The fourth-order valence-electron chi connectivity index (χ4n) is 0.279. The highest BCUT2D eigenvalue weighted by atomic mass is 32.8. The molecule has 74 valence electrons. The van der Waals surface area contributed by atoms with E-state index in [9.17, 15) is 8.42 Å². The van der Waals surface area contributed by atoms with Crippen LogP contribution in [0.25, 0.3) is 0 Å². The van der Waals surface area contributed by atoms with Gasteiger partial charge in [-0.3, -0.25) is 0 Å². The Morgan fingerprint density at radius 2 is 1.25 bits per heavy atom. The topological polar surface area (TPSA) is 93.1 Å². The molecule has 6 nitrogen and oxygen atoms in total. The van der Waals surface area contributed by atoms with Gasteiger partial charge in [0.2, 0.25) is 0 Å². The van der Waals surface area contributed by atoms with Crippen molar-refractivity contribution in [3.63, 3.8) is 0 Å². The normalized spacial score (nSPS) is 21.2. The Labute approximate surface area is 79.1 Å². The van der Waals surface area contributed by atoms with E-state index in [2.05, 4.69) is 31.0 Å². The summed E-state index contributed by atoms with van der Waals surface area (Å²) in [5, 5.41) is 15.9. The van der Waals surface area contributed by atoms with Gasteiger partial charge in [-0.2, -0.15) is 0 Å². The maximum atomic E-state index is 10.8. The first-order valence-electron chi connectivity index (χ1n) is 2.44. The Hall–Kier alpha value is 0.580. The van der Waals surface area contributed by atoms with Crippen molar-refractivity contribution in [1.29, 1.82) is 0 Å². The predicted molar refractivity (Wildman–Crippen MR) is 48.2 cm³/mol. The van der Waals surface area contributed by atoms with Gasteiger partial charge in [-0.25, -0.2) is 18.9 Å². The first-order valence-corrected chi connectivity index (χ1v) is 7.60. The van der Waals surface area contributed by atoms with E-state index in [1.54, 1.807) is 0 Å². The van der Waals surface area contributed by atoms with Gasteiger partial charge in [-0.1, -0.05) is 0 Å². The van der Waals surface area contributed by atoms with Crippen LogP contribution in [0, 0.1) is 0 Å². The summed E-state index contributed by atoms with van der Waals surface area (Å²) in [7, 11) is -6.62. The molecule has 0 saturated carbocycles. The van der Waals surface area contributed by atoms with Crippen LogP contribution in [-0.4, -0.2) is 30.4 Å². The van der Waals surface area contributed by atoms with Crippen LogP contribution < -0.4 is 0 Å². The molecule has 0 aromatic carbocycles. The van der Waals surface area contributed by atoms with Crippen molar-refractivity contribution in [3.8, 4) is 0 Å². The van der Waals surface area contributed by atoms with Crippen LogP contribution in [0.15, 0.2) is 0 Å². The standard InChI is InChI=1S/C2H6O6S4/c3-7-11(5,9)1-2-12(6,10)8-4/h3-4H,1-2H2. The Kier molecular flexibility index (Phi) is 4.94. The second-order valence-corrected chi connectivity index (χ2v) is 8.07. The van der Waals surface area contributed by atoms with Gasteiger partial charge in [0.15, 0.2) is 17.5 Å². The molecule has 0 aromatic heterocycles. The van der Waals surface area contributed by atoms with Gasteiger partial charge in [-0.05, 0) is 0 Å². The van der Waals surface area contributed by atoms with Crippen LogP contribution in [0.2, 0.25) is 0 Å². The Bertz CT molecular complexity index is 277. The quantitative estimate of drug-likeness (QED) is 0.491. The number of hydrogen-bond acceptors (Lipinski definition) is 8. The summed E-state index contributed by atoms with van der Waals surface area (Å²) in [5.74, 6) is -0.858. The van der Waals surface area contributed by atoms with E-state index in [0.717, 1.165) is 0 Å². The Morgan fingerprint density at radius 3 is 1.42 bits per heavy atom. The summed E-state index contributed by atoms with van der Waals surface area (Å²) in [6, 6.07) is 0. The van der Waals surface area contributed by atoms with Crippen LogP contribution in [0.3, 0.4) is 0 Å². The second kappa shape index (κ2) is 4.72. The lowest BCUT2D eigenvalue weighted by atomic mass is 11.0. The maximum Gasteiger partial charge on any atom is 0.174 e. The molecule has 0 amide bonds. The first-order chi connectivity index (χ1) is 5.33. The minimum absolute atomic E-state index is 0.429. The van der Waals surface area contributed by atoms with Crippen LogP contribution in [0.1, 0.15) is 0 Å². The predicted octanol–water partition coefficient (Wildman–Crippen LogP) is -0.712. The van der Waals surface area contributed by atoms with E-state index in [0.29, 0.717) is 0 Å². The molecule has 0 aromatic rings. The third-order valence-corrected chi connectivity index (χ3v) is 4.30. The molecule has 0 saturated heterocycles. The van der Waals surface area contributed by atoms with Crippen molar-refractivity contribution in [2.24, 2.45) is 0 Å². The lowest BCUT2D eigenvalue weighted by molar-refractivity contribution is -0.126. The van der Waals surface area contributed by atoms with E-state index in [-0.39, 0.29) is 0 Å². The van der Waals surface area contributed by atoms with Gasteiger partial charge in [0.1, 0.15) is 0 Å². The van der Waals surface area contributed by atoms with Gasteiger partial charge in [0.25, 0.3) is 0 Å². The van der Waals surface area contributed by atoms with Crippen molar-refractivity contribution in [1.82, 2.24) is 0 Å². The van der Waals surface area contributed by atoms with Gasteiger partial charge >= 0.3 is 0 Å². The lowest BCUT2D eigenvalue weighted by Crippen LogP contribution is -2.17. The summed E-state index contributed by atoms with van der Waals surface area (Å²) in [6.07, 6.45) is 0. The molecule has 2 atom stereocenters. The molecule has 0 fully saturated rings. The van der Waals surface area contributed by atoms with Crippen LogP contribution >= 0.6 is 0 Å². The first kappa shape index (κ1) is 12.6. The molecule has 0 aliphatic heterocycles. The summed E-state index contributed by atoms with van der Waals surface area (Å²) in [6.45, 7) is 0. The molecule has 0 spiro atoms. The summed E-state index contributed by atoms with van der Waals surface area (Å²) < 4.78 is 28.3. The van der Waals surface area contributed by atoms with Crippen molar-refractivity contribution >= 4 is 39.9 Å². The highest BCUT2D eigenvalue weighted by Gasteiger charge is 2.13. The molecule has 2 N–H and O–H groups in total. The summed E-state index contributed by atoms with van der Waals surface area (Å²) >= 11 is 8.41. The molecular formula is C2H6O6S4. The fraction of sp³-hybridized carbons (Fsp3) is 1.00. The van der Waals surface area contributed by atoms with Crippen molar-refractivity contribution < 1.29 is 27.6 Å². The highest BCUT2D eigenvalue weighted by Crippen LogP contribution is 1.97. The van der Waals surface area contributed by atoms with Crippen molar-refractivity contribution in [3.05, 3.63) is 0 Å². The fourth-order valence-corrected chi connectivity index (χ4v) is 3.29. The third-order valence-electron chi connectivity index (χ3n) is 0.810. The van der Waals surface area contributed by atoms with E-state index < -0.39 is 29.1 Å². The van der Waals surface area contributed by atoms with Gasteiger partial charge in [0.05, 0.1) is 11.5 Å². The van der Waals surface area contributed by atoms with Gasteiger partial charge in [0, 0.05) is 22.4 Å². The van der Waals surface area contributed by atoms with E-state index in [4.69, 9.17) is 10.5 Å². The Balaban J connectivity index is 4.20. The van der Waals surface area contributed by atoms with E-state index in [1.807, 2.05) is 0 Å². The molecule has 0 aliphatic carbocycles. The van der Waals surface area contributed by atoms with Gasteiger partial charge in [-0.15, -0.1) is 8.67 Å². The molecule has 0 bridgehead atoms. The zero-order chi connectivity index (χ0) is 9.83. The zero-order valence-corrected chi connectivity index (χ0v) is 8.84. The molecule has 0 rings (SSSR count). The van der Waals surface area contributed by atoms with Crippen molar-refractivity contribution in [2.75, 3.05) is 11.5 Å². The van der Waals surface area contributed by atoms with Crippen LogP contribution in [0.5, 0.6) is 0 Å².